The third kappa shape index (κ3) is 9.80. The van der Waals surface area contributed by atoms with Gasteiger partial charge in [-0.3, -0.25) is 9.88 Å². The van der Waals surface area contributed by atoms with Crippen molar-refractivity contribution in [3.8, 4) is 22.8 Å². The average Bonchev–Trinajstić information content (AvgIpc) is 3.67. The van der Waals surface area contributed by atoms with Crippen molar-refractivity contribution in [2.24, 2.45) is 10.4 Å². The molecule has 48 heavy (non-hydrogen) atoms. The first-order valence-corrected chi connectivity index (χ1v) is 16.4. The quantitative estimate of drug-likeness (QED) is 0.0822. The van der Waals surface area contributed by atoms with Crippen molar-refractivity contribution in [2.75, 3.05) is 20.3 Å². The first kappa shape index (κ1) is 36.4. The van der Waals surface area contributed by atoms with Gasteiger partial charge in [-0.05, 0) is 67.0 Å². The molecule has 4 aromatic rings. The number of hydrogen-bond acceptors (Lipinski definition) is 7. The maximum Gasteiger partial charge on any atom is 0.573 e. The van der Waals surface area contributed by atoms with Crippen LogP contribution >= 0.6 is 11.3 Å². The Labute approximate surface area is 284 Å². The Balaban J connectivity index is 1.38. The summed E-state index contributed by atoms with van der Waals surface area (Å²) in [6.07, 6.45) is 1.20. The van der Waals surface area contributed by atoms with Gasteiger partial charge in [-0.1, -0.05) is 64.6 Å². The third-order valence-electron chi connectivity index (χ3n) is 7.58. The maximum absolute atomic E-state index is 12.5. The monoisotopic (exact) mass is 680 g/mol. The molecule has 0 aliphatic carbocycles. The lowest BCUT2D eigenvalue weighted by Gasteiger charge is -2.25. The lowest BCUT2D eigenvalue weighted by Crippen LogP contribution is -2.32. The summed E-state index contributed by atoms with van der Waals surface area (Å²) in [7, 11) is 1.68. The van der Waals surface area contributed by atoms with Gasteiger partial charge in [-0.15, -0.1) is 29.6 Å². The number of nitrogens with zero attached hydrogens (tertiary/aromatic N) is 5. The summed E-state index contributed by atoms with van der Waals surface area (Å²) in [5, 5.41) is 10.1. The minimum Gasteiger partial charge on any atom is -0.497 e. The summed E-state index contributed by atoms with van der Waals surface area (Å²) < 4.78 is 50.7. The highest BCUT2D eigenvalue weighted by Gasteiger charge is 2.31. The fourth-order valence-electron chi connectivity index (χ4n) is 5.15. The zero-order valence-electron chi connectivity index (χ0n) is 28.4. The molecule has 0 saturated heterocycles. The number of thiazole rings is 1. The lowest BCUT2D eigenvalue weighted by atomic mass is 9.85. The minimum atomic E-state index is -4.79. The second-order valence-corrected chi connectivity index (χ2v) is 13.3. The van der Waals surface area contributed by atoms with E-state index in [1.807, 2.05) is 18.2 Å². The van der Waals surface area contributed by atoms with E-state index in [0.717, 1.165) is 46.5 Å². The predicted octanol–water partition coefficient (Wildman–Crippen LogP) is 8.42. The van der Waals surface area contributed by atoms with Crippen LogP contribution in [0.4, 0.5) is 13.2 Å². The minimum absolute atomic E-state index is 0.0364. The summed E-state index contributed by atoms with van der Waals surface area (Å²) in [5.74, 6) is 1.26. The summed E-state index contributed by atoms with van der Waals surface area (Å²) in [6.45, 7) is 17.2. The Morgan fingerprint density at radius 3 is 2.50 bits per heavy atom. The van der Waals surface area contributed by atoms with Gasteiger partial charge in [0.1, 0.15) is 17.8 Å². The summed E-state index contributed by atoms with van der Waals surface area (Å²) in [6, 6.07) is 14.3. The van der Waals surface area contributed by atoms with Crippen LogP contribution in [0.5, 0.6) is 5.75 Å². The van der Waals surface area contributed by atoms with E-state index < -0.39 is 12.1 Å². The number of benzene rings is 2. The number of methoxy groups -OCH3 is 1. The molecular formula is C36H43F3N6O2S. The van der Waals surface area contributed by atoms with Crippen LogP contribution in [0, 0.1) is 12.3 Å². The highest BCUT2D eigenvalue weighted by Crippen LogP contribution is 2.28. The molecule has 0 aliphatic heterocycles. The molecule has 0 unspecified atom stereocenters. The van der Waals surface area contributed by atoms with E-state index in [1.54, 1.807) is 25.4 Å². The molecule has 0 radical (unpaired) electrons. The molecule has 12 heteroatoms. The Bertz CT molecular complexity index is 1830. The molecule has 256 valence electrons. The van der Waals surface area contributed by atoms with E-state index in [1.165, 1.54) is 34.3 Å². The smallest absolute Gasteiger partial charge is 0.497 e. The lowest BCUT2D eigenvalue weighted by molar-refractivity contribution is -0.303. The Kier molecular flexibility index (Phi) is 11.9. The number of aromatic nitrogens is 4. The second-order valence-electron chi connectivity index (χ2n) is 12.5. The van der Waals surface area contributed by atoms with Crippen molar-refractivity contribution in [3.63, 3.8) is 0 Å². The van der Waals surface area contributed by atoms with E-state index in [9.17, 15) is 13.2 Å². The SMILES string of the molecule is C=C/C(=C\C=C(/C)n1cnc(-c2ccc(CC(C)(C)CNCN=c3scc(C)n3-c3cc(OC)ccc3C(C)C)cc2)n1)OC(F)(F)F. The van der Waals surface area contributed by atoms with Crippen LogP contribution in [0.25, 0.3) is 22.8 Å². The highest BCUT2D eigenvalue weighted by atomic mass is 32.1. The zero-order valence-corrected chi connectivity index (χ0v) is 29.2. The normalized spacial score (nSPS) is 13.4. The topological polar surface area (TPSA) is 78.5 Å². The zero-order chi connectivity index (χ0) is 35.1. The molecular weight excluding hydrogens is 637 g/mol. The van der Waals surface area contributed by atoms with Gasteiger partial charge >= 0.3 is 6.36 Å². The number of nitrogens with one attached hydrogen (secondary N) is 1. The summed E-state index contributed by atoms with van der Waals surface area (Å²) in [5.41, 5.74) is 5.99. The maximum atomic E-state index is 12.5. The van der Waals surface area contributed by atoms with Crippen LogP contribution in [0.15, 0.2) is 89.7 Å². The van der Waals surface area contributed by atoms with Gasteiger partial charge in [0, 0.05) is 34.9 Å². The second kappa shape index (κ2) is 15.7. The van der Waals surface area contributed by atoms with Crippen LogP contribution in [0.2, 0.25) is 0 Å². The highest BCUT2D eigenvalue weighted by molar-refractivity contribution is 7.07. The van der Waals surface area contributed by atoms with Crippen molar-refractivity contribution in [1.82, 2.24) is 24.6 Å². The van der Waals surface area contributed by atoms with Gasteiger partial charge in [0.25, 0.3) is 0 Å². The Morgan fingerprint density at radius 2 is 1.85 bits per heavy atom. The predicted molar refractivity (Wildman–Crippen MR) is 186 cm³/mol. The number of ether oxygens (including phenoxy) is 2. The average molecular weight is 681 g/mol. The Morgan fingerprint density at radius 1 is 1.12 bits per heavy atom. The van der Waals surface area contributed by atoms with E-state index in [2.05, 4.69) is 95.5 Å². The molecule has 2 heterocycles. The van der Waals surface area contributed by atoms with Crippen LogP contribution in [0.3, 0.4) is 0 Å². The van der Waals surface area contributed by atoms with Gasteiger partial charge in [-0.2, -0.15) is 0 Å². The first-order valence-electron chi connectivity index (χ1n) is 15.5. The van der Waals surface area contributed by atoms with Gasteiger partial charge in [0.05, 0.1) is 19.5 Å². The van der Waals surface area contributed by atoms with Crippen LogP contribution < -0.4 is 14.9 Å². The molecule has 2 aromatic heterocycles. The summed E-state index contributed by atoms with van der Waals surface area (Å²) in [4.78, 5) is 10.2. The fraction of sp³-hybridized carbons (Fsp3) is 0.361. The molecule has 4 rings (SSSR count). The largest absolute Gasteiger partial charge is 0.573 e. The molecule has 0 amide bonds. The molecule has 0 spiro atoms. The Hall–Kier alpha value is -4.42. The molecule has 2 aromatic carbocycles. The number of alkyl halides is 3. The van der Waals surface area contributed by atoms with E-state index in [-0.39, 0.29) is 5.41 Å². The molecule has 0 bridgehead atoms. The number of rotatable bonds is 14. The van der Waals surface area contributed by atoms with Gasteiger partial charge in [-0.25, -0.2) is 14.7 Å². The van der Waals surface area contributed by atoms with Crippen molar-refractivity contribution >= 4 is 17.0 Å². The number of allylic oxidation sites excluding steroid dienone is 4. The van der Waals surface area contributed by atoms with Gasteiger partial charge < -0.3 is 9.47 Å². The van der Waals surface area contributed by atoms with Crippen molar-refractivity contribution in [2.45, 2.75) is 60.2 Å². The number of halogens is 3. The van der Waals surface area contributed by atoms with Crippen molar-refractivity contribution in [1.29, 1.82) is 0 Å². The molecule has 0 fully saturated rings. The van der Waals surface area contributed by atoms with Crippen molar-refractivity contribution < 1.29 is 22.6 Å². The molecule has 0 aliphatic rings. The first-order chi connectivity index (χ1) is 22.7. The molecule has 8 nitrogen and oxygen atoms in total. The van der Waals surface area contributed by atoms with Gasteiger partial charge in [0.15, 0.2) is 10.6 Å². The molecule has 1 N–H and O–H groups in total. The van der Waals surface area contributed by atoms with Crippen LogP contribution in [0.1, 0.15) is 57.4 Å². The van der Waals surface area contributed by atoms with Crippen LogP contribution in [-0.2, 0) is 11.2 Å². The van der Waals surface area contributed by atoms with Gasteiger partial charge in [0.2, 0.25) is 0 Å². The van der Waals surface area contributed by atoms with E-state index in [4.69, 9.17) is 9.73 Å². The third-order valence-corrected chi connectivity index (χ3v) is 8.56. The van der Waals surface area contributed by atoms with Crippen LogP contribution in [-0.4, -0.2) is 46.0 Å². The molecule has 0 atom stereocenters. The van der Waals surface area contributed by atoms with Crippen molar-refractivity contribution in [3.05, 3.63) is 106 Å². The fourth-order valence-corrected chi connectivity index (χ4v) is 6.02. The van der Waals surface area contributed by atoms with E-state index >= 15 is 0 Å². The molecule has 0 saturated carbocycles. The standard InChI is InChI=1S/C36H43F3N6O2S/c1-9-29(47-36(37,38)39)15-10-25(4)44-23-42-33(43-44)28-13-11-27(12-14-28)19-35(6,7)21-40-22-41-34-45(26(5)20-48-34)32-18-30(46-8)16-17-31(32)24(2)3/h9-18,20,23-24,40H,1,19,21-22H2,2-8H3/b25-10+,29-15+,41-34?. The summed E-state index contributed by atoms with van der Waals surface area (Å²) >= 11 is 1.63. The number of aryl methyl sites for hydroxylation is 1. The number of hydrogen-bond donors (Lipinski definition) is 1. The van der Waals surface area contributed by atoms with E-state index in [0.29, 0.717) is 24.1 Å².